The molecule has 0 radical (unpaired) electrons. The molecule has 64 valence electrons. The van der Waals surface area contributed by atoms with Gasteiger partial charge < -0.3 is 0 Å². The summed E-state index contributed by atoms with van der Waals surface area (Å²) >= 11 is 1.45. The van der Waals surface area contributed by atoms with Crippen molar-refractivity contribution in [2.45, 2.75) is 23.8 Å². The van der Waals surface area contributed by atoms with Gasteiger partial charge >= 0.3 is 0 Å². The van der Waals surface area contributed by atoms with Crippen molar-refractivity contribution in [1.29, 1.82) is 5.26 Å². The van der Waals surface area contributed by atoms with Crippen molar-refractivity contribution in [2.75, 3.05) is 0 Å². The van der Waals surface area contributed by atoms with Crippen LogP contribution in [0.25, 0.3) is 0 Å². The Balaban J connectivity index is 2.64. The molecule has 0 aliphatic rings. The van der Waals surface area contributed by atoms with Gasteiger partial charge in [-0.3, -0.25) is 0 Å². The molecule has 0 N–H and O–H groups in total. The largest absolute Gasteiger partial charge is 0.244 e. The van der Waals surface area contributed by atoms with E-state index in [4.69, 9.17) is 5.26 Å². The maximum absolute atomic E-state index is 8.69. The zero-order valence-electron chi connectivity index (χ0n) is 7.06. The molecule has 1 aromatic heterocycles. The third-order valence-electron chi connectivity index (χ3n) is 1.43. The van der Waals surface area contributed by atoms with E-state index in [1.807, 2.05) is 14.0 Å². The minimum Gasteiger partial charge on any atom is -0.244 e. The average molecular weight is 182 g/mol. The fourth-order valence-corrected chi connectivity index (χ4v) is 1.50. The van der Waals surface area contributed by atoms with Crippen molar-refractivity contribution >= 4 is 11.8 Å². The number of aromatic nitrogens is 3. The van der Waals surface area contributed by atoms with E-state index in [2.05, 4.69) is 16.2 Å². The first-order valence-corrected chi connectivity index (χ1v) is 4.56. The summed E-state index contributed by atoms with van der Waals surface area (Å²) in [5.41, 5.74) is 0. The molecule has 0 amide bonds. The van der Waals surface area contributed by atoms with Crippen molar-refractivity contribution in [2.24, 2.45) is 7.05 Å². The third-order valence-corrected chi connectivity index (χ3v) is 2.74. The first-order chi connectivity index (χ1) is 5.77. The highest BCUT2D eigenvalue weighted by molar-refractivity contribution is 8.00. The quantitative estimate of drug-likeness (QED) is 0.659. The van der Waals surface area contributed by atoms with Gasteiger partial charge in [0.2, 0.25) is 0 Å². The van der Waals surface area contributed by atoms with E-state index in [9.17, 15) is 0 Å². The van der Waals surface area contributed by atoms with E-state index < -0.39 is 0 Å². The summed E-state index contributed by atoms with van der Waals surface area (Å²) in [5, 5.41) is 13.4. The van der Waals surface area contributed by atoms with Crippen molar-refractivity contribution in [1.82, 2.24) is 14.8 Å². The van der Waals surface area contributed by atoms with E-state index in [1.165, 1.54) is 18.1 Å². The Morgan fingerprint density at radius 3 is 3.00 bits per heavy atom. The van der Waals surface area contributed by atoms with Gasteiger partial charge in [-0.15, -0.1) is 0 Å². The molecule has 1 rings (SSSR count). The Morgan fingerprint density at radius 2 is 2.58 bits per heavy atom. The smallest absolute Gasteiger partial charge is 0.187 e. The van der Waals surface area contributed by atoms with Crippen LogP contribution in [0, 0.1) is 11.3 Å². The van der Waals surface area contributed by atoms with Gasteiger partial charge in [-0.05, 0) is 6.42 Å². The normalized spacial score (nSPS) is 12.4. The van der Waals surface area contributed by atoms with Crippen molar-refractivity contribution < 1.29 is 0 Å². The van der Waals surface area contributed by atoms with E-state index in [1.54, 1.807) is 4.68 Å². The summed E-state index contributed by atoms with van der Waals surface area (Å²) < 4.78 is 1.67. The van der Waals surface area contributed by atoms with Crippen LogP contribution >= 0.6 is 11.8 Å². The van der Waals surface area contributed by atoms with Gasteiger partial charge in [-0.2, -0.15) is 10.4 Å². The summed E-state index contributed by atoms with van der Waals surface area (Å²) in [6, 6.07) is 2.20. The molecule has 0 saturated heterocycles. The molecular weight excluding hydrogens is 172 g/mol. The monoisotopic (exact) mass is 182 g/mol. The summed E-state index contributed by atoms with van der Waals surface area (Å²) in [7, 11) is 1.82. The molecule has 0 aliphatic carbocycles. The molecule has 0 aliphatic heterocycles. The lowest BCUT2D eigenvalue weighted by Crippen LogP contribution is -2.00. The molecule has 1 unspecified atom stereocenters. The van der Waals surface area contributed by atoms with E-state index in [-0.39, 0.29) is 5.25 Å². The first-order valence-electron chi connectivity index (χ1n) is 3.68. The molecule has 5 heteroatoms. The highest BCUT2D eigenvalue weighted by Crippen LogP contribution is 2.21. The molecule has 1 aromatic rings. The molecule has 1 atom stereocenters. The maximum Gasteiger partial charge on any atom is 0.187 e. The van der Waals surface area contributed by atoms with Crippen LogP contribution in [0.5, 0.6) is 0 Å². The van der Waals surface area contributed by atoms with Crippen LogP contribution in [0.2, 0.25) is 0 Å². The SMILES string of the molecule is CCC(C#N)Sc1ncnn1C. The minimum atomic E-state index is -0.0205. The van der Waals surface area contributed by atoms with Gasteiger partial charge in [-0.1, -0.05) is 18.7 Å². The Labute approximate surface area is 75.6 Å². The van der Waals surface area contributed by atoms with Crippen molar-refractivity contribution in [3.8, 4) is 6.07 Å². The molecule has 0 fully saturated rings. The van der Waals surface area contributed by atoms with Crippen LogP contribution in [0.15, 0.2) is 11.5 Å². The predicted molar refractivity (Wildman–Crippen MR) is 46.6 cm³/mol. The molecule has 0 spiro atoms. The summed E-state index contributed by atoms with van der Waals surface area (Å²) in [6.45, 7) is 1.98. The molecule has 0 saturated carbocycles. The number of aryl methyl sites for hydroxylation is 1. The molecular formula is C7H10N4S. The second kappa shape index (κ2) is 4.12. The summed E-state index contributed by atoms with van der Waals surface area (Å²) in [5.74, 6) is 0. The third kappa shape index (κ3) is 1.98. The number of hydrogen-bond donors (Lipinski definition) is 0. The van der Waals surface area contributed by atoms with Gasteiger partial charge in [0.1, 0.15) is 6.33 Å². The lowest BCUT2D eigenvalue weighted by Gasteiger charge is -2.02. The van der Waals surface area contributed by atoms with Crippen molar-refractivity contribution in [3.05, 3.63) is 6.33 Å². The zero-order chi connectivity index (χ0) is 8.97. The zero-order valence-corrected chi connectivity index (χ0v) is 7.88. The topological polar surface area (TPSA) is 54.5 Å². The molecule has 0 bridgehead atoms. The van der Waals surface area contributed by atoms with Gasteiger partial charge in [0.05, 0.1) is 11.3 Å². The number of rotatable bonds is 3. The average Bonchev–Trinajstić information content (AvgIpc) is 2.47. The second-order valence-corrected chi connectivity index (χ2v) is 3.48. The maximum atomic E-state index is 8.69. The van der Waals surface area contributed by atoms with E-state index in [0.717, 1.165) is 11.6 Å². The fourth-order valence-electron chi connectivity index (χ4n) is 0.721. The molecule has 1 heterocycles. The van der Waals surface area contributed by atoms with Crippen LogP contribution in [-0.4, -0.2) is 20.0 Å². The summed E-state index contributed by atoms with van der Waals surface area (Å²) in [4.78, 5) is 4.02. The predicted octanol–water partition coefficient (Wildman–Crippen LogP) is 1.21. The van der Waals surface area contributed by atoms with Gasteiger partial charge in [-0.25, -0.2) is 9.67 Å². The van der Waals surface area contributed by atoms with Crippen LogP contribution in [0.1, 0.15) is 13.3 Å². The molecule has 4 nitrogen and oxygen atoms in total. The van der Waals surface area contributed by atoms with E-state index in [0.29, 0.717) is 0 Å². The van der Waals surface area contributed by atoms with Gasteiger partial charge in [0, 0.05) is 7.05 Å². The lowest BCUT2D eigenvalue weighted by molar-refractivity contribution is 0.683. The summed E-state index contributed by atoms with van der Waals surface area (Å²) in [6.07, 6.45) is 2.32. The molecule has 12 heavy (non-hydrogen) atoms. The Morgan fingerprint density at radius 1 is 1.83 bits per heavy atom. The van der Waals surface area contributed by atoms with Gasteiger partial charge in [0.15, 0.2) is 5.16 Å². The number of thioether (sulfide) groups is 1. The highest BCUT2D eigenvalue weighted by atomic mass is 32.2. The minimum absolute atomic E-state index is 0.0205. The highest BCUT2D eigenvalue weighted by Gasteiger charge is 2.09. The second-order valence-electron chi connectivity index (χ2n) is 2.31. The van der Waals surface area contributed by atoms with Crippen LogP contribution in [-0.2, 0) is 7.05 Å². The standard InChI is InChI=1S/C7H10N4S/c1-3-6(4-8)12-7-9-5-10-11(7)2/h5-6H,3H2,1-2H3. The molecule has 0 aromatic carbocycles. The number of nitrogens with zero attached hydrogens (tertiary/aromatic N) is 4. The van der Waals surface area contributed by atoms with E-state index >= 15 is 0 Å². The van der Waals surface area contributed by atoms with Crippen LogP contribution < -0.4 is 0 Å². The Bertz CT molecular complexity index is 288. The Kier molecular flexibility index (Phi) is 3.11. The first kappa shape index (κ1) is 9.07. The Hall–Kier alpha value is -1.02. The van der Waals surface area contributed by atoms with Crippen LogP contribution in [0.4, 0.5) is 0 Å². The number of nitriles is 1. The fraction of sp³-hybridized carbons (Fsp3) is 0.571. The van der Waals surface area contributed by atoms with Crippen LogP contribution in [0.3, 0.4) is 0 Å². The number of hydrogen-bond acceptors (Lipinski definition) is 4. The van der Waals surface area contributed by atoms with Gasteiger partial charge in [0.25, 0.3) is 0 Å². The lowest BCUT2D eigenvalue weighted by atomic mass is 10.4. The van der Waals surface area contributed by atoms with Crippen molar-refractivity contribution in [3.63, 3.8) is 0 Å².